The Hall–Kier alpha value is -1.02. The van der Waals surface area contributed by atoms with Crippen LogP contribution in [-0.4, -0.2) is 6.61 Å². The summed E-state index contributed by atoms with van der Waals surface area (Å²) in [4.78, 5) is 10.6. The minimum Gasteiger partial charge on any atom is -0.337 e. The molecule has 0 atom stereocenters. The van der Waals surface area contributed by atoms with Crippen molar-refractivity contribution in [1.82, 2.24) is 0 Å². The first-order valence-corrected chi connectivity index (χ1v) is 5.82. The third kappa shape index (κ3) is 2.51. The van der Waals surface area contributed by atoms with Crippen LogP contribution < -0.4 is 4.89 Å². The highest BCUT2D eigenvalue weighted by Crippen LogP contribution is 2.28. The molecule has 0 amide bonds. The summed E-state index contributed by atoms with van der Waals surface area (Å²) in [6.45, 7) is 2.89. The van der Waals surface area contributed by atoms with Crippen molar-refractivity contribution >= 4 is 0 Å². The van der Waals surface area contributed by atoms with Crippen LogP contribution in [0.1, 0.15) is 37.3 Å². The maximum atomic E-state index is 5.41. The average molecular weight is 206 g/mol. The van der Waals surface area contributed by atoms with E-state index in [0.29, 0.717) is 6.61 Å². The molecule has 1 aliphatic heterocycles. The molecule has 1 aromatic carbocycles. The molecule has 0 bridgehead atoms. The maximum Gasteiger partial charge on any atom is 0.171 e. The second-order valence-electron chi connectivity index (χ2n) is 4.02. The normalized spacial score (nSPS) is 16.1. The van der Waals surface area contributed by atoms with Gasteiger partial charge in [0, 0.05) is 0 Å². The molecule has 0 fully saturated rings. The van der Waals surface area contributed by atoms with Crippen LogP contribution in [0.15, 0.2) is 18.2 Å². The van der Waals surface area contributed by atoms with Gasteiger partial charge in [-0.05, 0) is 36.8 Å². The zero-order valence-corrected chi connectivity index (χ0v) is 9.29. The Kier molecular flexibility index (Phi) is 3.62. The standard InChI is InChI=1S/C13H18O2/c1-2-6-11-8-5-9-12-7-3-4-10-14-15-13(11)12/h5,8-9H,2-4,6-7,10H2,1H3. The van der Waals surface area contributed by atoms with E-state index in [1.165, 1.54) is 17.5 Å². The fourth-order valence-corrected chi connectivity index (χ4v) is 1.99. The molecule has 2 nitrogen and oxygen atoms in total. The van der Waals surface area contributed by atoms with Crippen molar-refractivity contribution in [2.45, 2.75) is 39.0 Å². The van der Waals surface area contributed by atoms with Crippen LogP contribution >= 0.6 is 0 Å². The van der Waals surface area contributed by atoms with Crippen molar-refractivity contribution in [1.29, 1.82) is 0 Å². The molecule has 0 unspecified atom stereocenters. The molecule has 2 rings (SSSR count). The van der Waals surface area contributed by atoms with E-state index < -0.39 is 0 Å². The van der Waals surface area contributed by atoms with Crippen molar-refractivity contribution in [3.8, 4) is 5.75 Å². The van der Waals surface area contributed by atoms with Gasteiger partial charge in [-0.2, -0.15) is 4.89 Å². The fraction of sp³-hybridized carbons (Fsp3) is 0.538. The van der Waals surface area contributed by atoms with Gasteiger partial charge in [-0.15, -0.1) is 0 Å². The van der Waals surface area contributed by atoms with E-state index in [1.54, 1.807) is 0 Å². The predicted molar refractivity (Wildman–Crippen MR) is 60.0 cm³/mol. The summed E-state index contributed by atoms with van der Waals surface area (Å²) in [7, 11) is 0. The van der Waals surface area contributed by atoms with Crippen LogP contribution in [0.25, 0.3) is 0 Å². The first-order valence-electron chi connectivity index (χ1n) is 5.82. The van der Waals surface area contributed by atoms with Crippen molar-refractivity contribution in [3.63, 3.8) is 0 Å². The Morgan fingerprint density at radius 1 is 1.27 bits per heavy atom. The Morgan fingerprint density at radius 3 is 3.07 bits per heavy atom. The monoisotopic (exact) mass is 206 g/mol. The molecule has 1 aliphatic rings. The number of para-hydroxylation sites is 1. The molecule has 1 heterocycles. The average Bonchev–Trinajstić information content (AvgIpc) is 2.20. The fourth-order valence-electron chi connectivity index (χ4n) is 1.99. The van der Waals surface area contributed by atoms with Crippen LogP contribution in [0.4, 0.5) is 0 Å². The zero-order chi connectivity index (χ0) is 10.5. The highest BCUT2D eigenvalue weighted by atomic mass is 17.2. The van der Waals surface area contributed by atoms with E-state index in [9.17, 15) is 0 Å². The summed E-state index contributed by atoms with van der Waals surface area (Å²) in [5.74, 6) is 0.971. The summed E-state index contributed by atoms with van der Waals surface area (Å²) < 4.78 is 0. The number of benzene rings is 1. The van der Waals surface area contributed by atoms with Crippen LogP contribution in [-0.2, 0) is 17.7 Å². The topological polar surface area (TPSA) is 18.5 Å². The largest absolute Gasteiger partial charge is 0.337 e. The van der Waals surface area contributed by atoms with Gasteiger partial charge in [0.1, 0.15) is 0 Å². The van der Waals surface area contributed by atoms with Gasteiger partial charge in [0.25, 0.3) is 0 Å². The highest BCUT2D eigenvalue weighted by molar-refractivity contribution is 5.41. The number of hydrogen-bond donors (Lipinski definition) is 0. The van der Waals surface area contributed by atoms with Crippen LogP contribution in [0.5, 0.6) is 5.75 Å². The van der Waals surface area contributed by atoms with Crippen molar-refractivity contribution in [3.05, 3.63) is 29.3 Å². The van der Waals surface area contributed by atoms with Gasteiger partial charge in [-0.1, -0.05) is 31.5 Å². The Labute approximate surface area is 91.1 Å². The van der Waals surface area contributed by atoms with Crippen LogP contribution in [0.2, 0.25) is 0 Å². The maximum absolute atomic E-state index is 5.41. The first kappa shape index (κ1) is 10.5. The lowest BCUT2D eigenvalue weighted by atomic mass is 10.0. The lowest BCUT2D eigenvalue weighted by molar-refractivity contribution is -0.210. The van der Waals surface area contributed by atoms with Gasteiger partial charge in [0.15, 0.2) is 5.75 Å². The third-order valence-electron chi connectivity index (χ3n) is 2.76. The van der Waals surface area contributed by atoms with E-state index in [-0.39, 0.29) is 0 Å². The molecule has 0 saturated carbocycles. The number of rotatable bonds is 2. The summed E-state index contributed by atoms with van der Waals surface area (Å²) in [6, 6.07) is 6.39. The minimum absolute atomic E-state index is 0.708. The summed E-state index contributed by atoms with van der Waals surface area (Å²) in [5.41, 5.74) is 2.57. The Bertz CT molecular complexity index is 306. The van der Waals surface area contributed by atoms with E-state index in [0.717, 1.165) is 31.4 Å². The third-order valence-corrected chi connectivity index (χ3v) is 2.76. The van der Waals surface area contributed by atoms with Gasteiger partial charge in [0.2, 0.25) is 0 Å². The lowest BCUT2D eigenvalue weighted by Crippen LogP contribution is -2.08. The summed E-state index contributed by atoms with van der Waals surface area (Å²) in [6.07, 6.45) is 5.58. The molecule has 0 saturated heterocycles. The molecular weight excluding hydrogens is 188 g/mol. The second kappa shape index (κ2) is 5.17. The quantitative estimate of drug-likeness (QED) is 0.691. The Balaban J connectivity index is 2.28. The first-order chi connectivity index (χ1) is 7.42. The number of hydrogen-bond acceptors (Lipinski definition) is 2. The van der Waals surface area contributed by atoms with Gasteiger partial charge < -0.3 is 4.89 Å². The molecular formula is C13H18O2. The molecule has 0 aromatic heterocycles. The number of fused-ring (bicyclic) bond motifs is 1. The van der Waals surface area contributed by atoms with Gasteiger partial charge in [0.05, 0.1) is 6.61 Å². The van der Waals surface area contributed by atoms with Gasteiger partial charge >= 0.3 is 0 Å². The van der Waals surface area contributed by atoms with E-state index in [2.05, 4.69) is 25.1 Å². The van der Waals surface area contributed by atoms with Gasteiger partial charge in [-0.25, -0.2) is 0 Å². The molecule has 82 valence electrons. The molecule has 0 N–H and O–H groups in total. The predicted octanol–water partition coefficient (Wildman–Crippen LogP) is 3.29. The van der Waals surface area contributed by atoms with Crippen LogP contribution in [0, 0.1) is 0 Å². The van der Waals surface area contributed by atoms with E-state index >= 15 is 0 Å². The smallest absolute Gasteiger partial charge is 0.171 e. The van der Waals surface area contributed by atoms with Crippen molar-refractivity contribution in [2.75, 3.05) is 6.61 Å². The molecule has 0 aliphatic carbocycles. The molecule has 0 radical (unpaired) electrons. The van der Waals surface area contributed by atoms with E-state index in [4.69, 9.17) is 9.78 Å². The molecule has 1 aromatic rings. The SMILES string of the molecule is CCCc1cccc2c1OOCCCC2. The summed E-state index contributed by atoms with van der Waals surface area (Å²) in [5, 5.41) is 0. The molecule has 0 spiro atoms. The molecule has 2 heteroatoms. The number of aryl methyl sites for hydroxylation is 2. The van der Waals surface area contributed by atoms with Gasteiger partial charge in [-0.3, -0.25) is 0 Å². The Morgan fingerprint density at radius 2 is 2.20 bits per heavy atom. The minimum atomic E-state index is 0.708. The summed E-state index contributed by atoms with van der Waals surface area (Å²) >= 11 is 0. The highest BCUT2D eigenvalue weighted by Gasteiger charge is 2.12. The lowest BCUT2D eigenvalue weighted by Gasteiger charge is -2.16. The van der Waals surface area contributed by atoms with E-state index in [1.807, 2.05) is 0 Å². The van der Waals surface area contributed by atoms with Crippen molar-refractivity contribution < 1.29 is 9.78 Å². The molecule has 15 heavy (non-hydrogen) atoms. The zero-order valence-electron chi connectivity index (χ0n) is 9.29. The van der Waals surface area contributed by atoms with Crippen molar-refractivity contribution in [2.24, 2.45) is 0 Å². The van der Waals surface area contributed by atoms with Crippen LogP contribution in [0.3, 0.4) is 0 Å². The second-order valence-corrected chi connectivity index (χ2v) is 4.02.